The predicted molar refractivity (Wildman–Crippen MR) is 125 cm³/mol. The van der Waals surface area contributed by atoms with Crippen LogP contribution in [0.1, 0.15) is 25.7 Å². The summed E-state index contributed by atoms with van der Waals surface area (Å²) in [4.78, 5) is 2.19. The van der Waals surface area contributed by atoms with Gasteiger partial charge in [-0.25, -0.2) is 8.42 Å². The lowest BCUT2D eigenvalue weighted by Gasteiger charge is -2.20. The molecule has 0 spiro atoms. The Kier molecular flexibility index (Phi) is 6.65. The molecule has 2 aromatic carbocycles. The summed E-state index contributed by atoms with van der Waals surface area (Å²) in [6.07, 6.45) is 4.85. The van der Waals surface area contributed by atoms with Crippen molar-refractivity contribution in [1.82, 2.24) is 10.2 Å². The highest BCUT2D eigenvalue weighted by molar-refractivity contribution is 7.92. The smallest absolute Gasteiger partial charge is 0.263 e. The lowest BCUT2D eigenvalue weighted by atomic mass is 10.1. The van der Waals surface area contributed by atoms with Crippen LogP contribution in [0.3, 0.4) is 0 Å². The second-order valence-electron chi connectivity index (χ2n) is 7.44. The van der Waals surface area contributed by atoms with E-state index in [4.69, 9.17) is 23.2 Å². The molecular formula is C22H22Cl2N4O2S. The van der Waals surface area contributed by atoms with E-state index >= 15 is 0 Å². The van der Waals surface area contributed by atoms with Crippen LogP contribution in [0.15, 0.2) is 59.5 Å². The number of anilines is 2. The van der Waals surface area contributed by atoms with Crippen LogP contribution in [0.5, 0.6) is 0 Å². The standard InChI is InChI=1S/C22H22Cl2N4O2S/c23-17-8-9-19(24)21(15-17)31(29,30)27-18-7-5-6-16(14-18)20-10-11-22(26-25-20)28-12-3-1-2-4-13-28/h5-11,14-15,27H,1-4,12-13H2. The SMILES string of the molecule is O=S(=O)(Nc1cccc(-c2ccc(N3CCCCCC3)nn2)c1)c1cc(Cl)ccc1Cl. The molecule has 31 heavy (non-hydrogen) atoms. The molecule has 4 rings (SSSR count). The number of nitrogens with one attached hydrogen (secondary N) is 1. The summed E-state index contributed by atoms with van der Waals surface area (Å²) < 4.78 is 28.1. The molecule has 9 heteroatoms. The van der Waals surface area contributed by atoms with Gasteiger partial charge in [0.15, 0.2) is 5.82 Å². The van der Waals surface area contributed by atoms with Gasteiger partial charge in [-0.15, -0.1) is 10.2 Å². The molecule has 0 unspecified atom stereocenters. The fourth-order valence-corrected chi connectivity index (χ4v) is 5.40. The summed E-state index contributed by atoms with van der Waals surface area (Å²) >= 11 is 12.0. The average Bonchev–Trinajstić information content (AvgIpc) is 3.05. The van der Waals surface area contributed by atoms with Crippen molar-refractivity contribution in [1.29, 1.82) is 0 Å². The number of nitrogens with zero attached hydrogens (tertiary/aromatic N) is 3. The number of rotatable bonds is 5. The third kappa shape index (κ3) is 5.29. The van der Waals surface area contributed by atoms with Crippen molar-refractivity contribution < 1.29 is 8.42 Å². The molecule has 162 valence electrons. The Labute approximate surface area is 192 Å². The van der Waals surface area contributed by atoms with E-state index < -0.39 is 10.0 Å². The van der Waals surface area contributed by atoms with Gasteiger partial charge in [-0.05, 0) is 55.3 Å². The maximum Gasteiger partial charge on any atom is 0.263 e. The van der Waals surface area contributed by atoms with E-state index in [0.29, 0.717) is 16.4 Å². The van der Waals surface area contributed by atoms with Crippen molar-refractivity contribution in [3.8, 4) is 11.3 Å². The summed E-state index contributed by atoms with van der Waals surface area (Å²) in [5, 5.41) is 9.16. The van der Waals surface area contributed by atoms with E-state index in [1.807, 2.05) is 18.2 Å². The van der Waals surface area contributed by atoms with Crippen LogP contribution in [0.25, 0.3) is 11.3 Å². The quantitative estimate of drug-likeness (QED) is 0.516. The molecule has 1 N–H and O–H groups in total. The lowest BCUT2D eigenvalue weighted by Crippen LogP contribution is -2.25. The number of hydrogen-bond acceptors (Lipinski definition) is 5. The second-order valence-corrected chi connectivity index (χ2v) is 9.93. The molecule has 1 fully saturated rings. The molecule has 0 amide bonds. The monoisotopic (exact) mass is 476 g/mol. The van der Waals surface area contributed by atoms with Gasteiger partial charge in [-0.3, -0.25) is 4.72 Å². The molecule has 1 saturated heterocycles. The summed E-state index contributed by atoms with van der Waals surface area (Å²) in [7, 11) is -3.90. The van der Waals surface area contributed by atoms with Gasteiger partial charge >= 0.3 is 0 Å². The molecule has 1 aliphatic rings. The van der Waals surface area contributed by atoms with Crippen LogP contribution in [0, 0.1) is 0 Å². The first-order chi connectivity index (χ1) is 14.9. The van der Waals surface area contributed by atoms with Crippen LogP contribution >= 0.6 is 23.2 Å². The molecule has 0 atom stereocenters. The predicted octanol–water partition coefficient (Wildman–Crippen LogP) is 5.63. The normalized spacial score (nSPS) is 14.8. The highest BCUT2D eigenvalue weighted by Gasteiger charge is 2.19. The highest BCUT2D eigenvalue weighted by Crippen LogP contribution is 2.28. The average molecular weight is 477 g/mol. The molecule has 1 aliphatic heterocycles. The van der Waals surface area contributed by atoms with Gasteiger partial charge in [-0.1, -0.05) is 48.2 Å². The fraction of sp³-hybridized carbons (Fsp3) is 0.273. The summed E-state index contributed by atoms with van der Waals surface area (Å²) in [5.74, 6) is 0.873. The summed E-state index contributed by atoms with van der Waals surface area (Å²) in [6, 6.07) is 15.2. The first-order valence-electron chi connectivity index (χ1n) is 10.1. The zero-order valence-electron chi connectivity index (χ0n) is 16.8. The third-order valence-corrected chi connectivity index (χ3v) is 7.27. The van der Waals surface area contributed by atoms with Crippen molar-refractivity contribution in [2.45, 2.75) is 30.6 Å². The van der Waals surface area contributed by atoms with Crippen molar-refractivity contribution in [2.24, 2.45) is 0 Å². The Morgan fingerprint density at radius 1 is 0.871 bits per heavy atom. The van der Waals surface area contributed by atoms with Crippen LogP contribution in [-0.2, 0) is 10.0 Å². The number of sulfonamides is 1. The minimum Gasteiger partial charge on any atom is -0.355 e. The van der Waals surface area contributed by atoms with Crippen LogP contribution in [0.4, 0.5) is 11.5 Å². The van der Waals surface area contributed by atoms with Crippen molar-refractivity contribution >= 4 is 44.7 Å². The third-order valence-electron chi connectivity index (χ3n) is 5.17. The minimum absolute atomic E-state index is 0.0753. The van der Waals surface area contributed by atoms with Gasteiger partial charge in [0, 0.05) is 29.4 Å². The largest absolute Gasteiger partial charge is 0.355 e. The maximum atomic E-state index is 12.8. The first kappa shape index (κ1) is 21.9. The number of hydrogen-bond donors (Lipinski definition) is 1. The minimum atomic E-state index is -3.90. The van der Waals surface area contributed by atoms with Crippen LogP contribution in [0.2, 0.25) is 10.0 Å². The van der Waals surface area contributed by atoms with Crippen molar-refractivity contribution in [3.63, 3.8) is 0 Å². The zero-order chi connectivity index (χ0) is 21.8. The van der Waals surface area contributed by atoms with Gasteiger partial charge in [-0.2, -0.15) is 0 Å². The molecule has 0 bridgehead atoms. The van der Waals surface area contributed by atoms with Crippen molar-refractivity contribution in [3.05, 3.63) is 64.6 Å². The van der Waals surface area contributed by atoms with Gasteiger partial charge in [0.05, 0.1) is 10.7 Å². The van der Waals surface area contributed by atoms with E-state index in [0.717, 1.165) is 24.5 Å². The number of halogens is 2. The van der Waals surface area contributed by atoms with E-state index in [2.05, 4.69) is 19.8 Å². The Hall–Kier alpha value is -2.35. The molecule has 0 saturated carbocycles. The van der Waals surface area contributed by atoms with E-state index in [9.17, 15) is 8.42 Å². The summed E-state index contributed by atoms with van der Waals surface area (Å²) in [6.45, 7) is 1.99. The number of benzene rings is 2. The molecule has 1 aromatic heterocycles. The van der Waals surface area contributed by atoms with Crippen LogP contribution in [-0.4, -0.2) is 31.7 Å². The van der Waals surface area contributed by atoms with Gasteiger partial charge < -0.3 is 4.90 Å². The van der Waals surface area contributed by atoms with E-state index in [1.165, 1.54) is 43.9 Å². The molecule has 0 aliphatic carbocycles. The number of aromatic nitrogens is 2. The fourth-order valence-electron chi connectivity index (χ4n) is 3.58. The molecule has 3 aromatic rings. The Morgan fingerprint density at radius 3 is 2.35 bits per heavy atom. The van der Waals surface area contributed by atoms with E-state index in [-0.39, 0.29) is 9.92 Å². The van der Waals surface area contributed by atoms with Gasteiger partial charge in [0.1, 0.15) is 4.90 Å². The van der Waals surface area contributed by atoms with E-state index in [1.54, 1.807) is 18.2 Å². The van der Waals surface area contributed by atoms with Gasteiger partial charge in [0.2, 0.25) is 0 Å². The molecular weight excluding hydrogens is 455 g/mol. The molecule has 0 radical (unpaired) electrons. The Morgan fingerprint density at radius 2 is 1.65 bits per heavy atom. The maximum absolute atomic E-state index is 12.8. The zero-order valence-corrected chi connectivity index (χ0v) is 19.1. The Bertz CT molecular complexity index is 1160. The van der Waals surface area contributed by atoms with Crippen LogP contribution < -0.4 is 9.62 Å². The first-order valence-corrected chi connectivity index (χ1v) is 12.3. The second kappa shape index (κ2) is 9.42. The summed E-state index contributed by atoms with van der Waals surface area (Å²) in [5.41, 5.74) is 1.82. The lowest BCUT2D eigenvalue weighted by molar-refractivity contribution is 0.601. The Balaban J connectivity index is 1.55. The molecule has 6 nitrogen and oxygen atoms in total. The van der Waals surface area contributed by atoms with Gasteiger partial charge in [0.25, 0.3) is 10.0 Å². The topological polar surface area (TPSA) is 75.2 Å². The highest BCUT2D eigenvalue weighted by atomic mass is 35.5. The van der Waals surface area contributed by atoms with Crippen molar-refractivity contribution in [2.75, 3.05) is 22.7 Å². The molecule has 2 heterocycles.